The zero-order valence-electron chi connectivity index (χ0n) is 27.0. The minimum absolute atomic E-state index is 0.863. The molecule has 0 N–H and O–H groups in total. The Bertz CT molecular complexity index is 3070. The SMILES string of the molecule is c1ccc2oc(-c3ccc4ccccc4c3-c3c4ccccc4c(-c4c5ccccc5cc5c4oc4ccccc45)c4ccccc34)cc2c1. The highest BCUT2D eigenvalue weighted by Crippen LogP contribution is 2.51. The molecule has 0 aliphatic carbocycles. The molecule has 0 fully saturated rings. The summed E-state index contributed by atoms with van der Waals surface area (Å²) in [7, 11) is 0. The van der Waals surface area contributed by atoms with Gasteiger partial charge in [-0.05, 0) is 79.0 Å². The lowest BCUT2D eigenvalue weighted by Gasteiger charge is -2.21. The maximum atomic E-state index is 6.81. The number of rotatable bonds is 3. The van der Waals surface area contributed by atoms with E-state index in [2.05, 4.69) is 152 Å². The van der Waals surface area contributed by atoms with Gasteiger partial charge in [0.15, 0.2) is 0 Å². The van der Waals surface area contributed by atoms with Gasteiger partial charge < -0.3 is 8.83 Å². The Hall–Kier alpha value is -6.64. The van der Waals surface area contributed by atoms with Crippen LogP contribution >= 0.6 is 0 Å². The first-order chi connectivity index (χ1) is 24.8. The summed E-state index contributed by atoms with van der Waals surface area (Å²) in [5.74, 6) is 0.863. The lowest BCUT2D eigenvalue weighted by atomic mass is 9.81. The zero-order valence-corrected chi connectivity index (χ0v) is 27.0. The Balaban J connectivity index is 1.34. The van der Waals surface area contributed by atoms with Crippen molar-refractivity contribution >= 4 is 76.0 Å². The molecule has 2 nitrogen and oxygen atoms in total. The Labute approximate surface area is 287 Å². The fourth-order valence-corrected chi connectivity index (χ4v) is 8.30. The highest BCUT2D eigenvalue weighted by Gasteiger charge is 2.25. The van der Waals surface area contributed by atoms with E-state index in [0.717, 1.165) is 49.8 Å². The van der Waals surface area contributed by atoms with Gasteiger partial charge in [0.1, 0.15) is 22.5 Å². The summed E-state index contributed by atoms with van der Waals surface area (Å²) >= 11 is 0. The van der Waals surface area contributed by atoms with Crippen molar-refractivity contribution in [2.75, 3.05) is 0 Å². The Morgan fingerprint density at radius 1 is 0.280 bits per heavy atom. The zero-order chi connectivity index (χ0) is 32.8. The Morgan fingerprint density at radius 2 is 0.780 bits per heavy atom. The highest BCUT2D eigenvalue weighted by molar-refractivity contribution is 6.30. The van der Waals surface area contributed by atoms with Crippen molar-refractivity contribution < 1.29 is 8.83 Å². The van der Waals surface area contributed by atoms with E-state index in [1.165, 1.54) is 59.8 Å². The molecular formula is C48H28O2. The second kappa shape index (κ2) is 10.4. The van der Waals surface area contributed by atoms with Gasteiger partial charge in [0.25, 0.3) is 0 Å². The summed E-state index contributed by atoms with van der Waals surface area (Å²) in [5.41, 5.74) is 8.47. The third-order valence-electron chi connectivity index (χ3n) is 10.4. The number of furan rings is 2. The van der Waals surface area contributed by atoms with Gasteiger partial charge in [0.2, 0.25) is 0 Å². The van der Waals surface area contributed by atoms with Crippen LogP contribution in [0.3, 0.4) is 0 Å². The van der Waals surface area contributed by atoms with Gasteiger partial charge in [-0.2, -0.15) is 0 Å². The number of hydrogen-bond donors (Lipinski definition) is 0. The van der Waals surface area contributed by atoms with Crippen molar-refractivity contribution in [3.05, 3.63) is 170 Å². The van der Waals surface area contributed by atoms with Crippen LogP contribution < -0.4 is 0 Å². The van der Waals surface area contributed by atoms with Crippen LogP contribution in [0.5, 0.6) is 0 Å². The smallest absolute Gasteiger partial charge is 0.143 e. The molecule has 2 heterocycles. The molecule has 232 valence electrons. The summed E-state index contributed by atoms with van der Waals surface area (Å²) < 4.78 is 13.4. The van der Waals surface area contributed by atoms with Crippen LogP contribution in [0.25, 0.3) is 110 Å². The minimum Gasteiger partial charge on any atom is -0.456 e. The molecule has 0 spiro atoms. The molecule has 0 unspecified atom stereocenters. The van der Waals surface area contributed by atoms with Crippen LogP contribution in [-0.4, -0.2) is 0 Å². The molecule has 0 amide bonds. The molecule has 11 rings (SSSR count). The molecule has 0 saturated carbocycles. The molecule has 2 heteroatoms. The van der Waals surface area contributed by atoms with Gasteiger partial charge in [-0.1, -0.05) is 140 Å². The van der Waals surface area contributed by atoms with Gasteiger partial charge >= 0.3 is 0 Å². The molecule has 0 atom stereocenters. The summed E-state index contributed by atoms with van der Waals surface area (Å²) in [6.07, 6.45) is 0. The van der Waals surface area contributed by atoms with Crippen LogP contribution in [0.4, 0.5) is 0 Å². The molecule has 0 bridgehead atoms. The molecule has 11 aromatic rings. The predicted octanol–water partition coefficient (Wildman–Crippen LogP) is 13.9. The van der Waals surface area contributed by atoms with E-state index in [-0.39, 0.29) is 0 Å². The summed E-state index contributed by atoms with van der Waals surface area (Å²) in [5, 5.41) is 12.9. The maximum Gasteiger partial charge on any atom is 0.143 e. The van der Waals surface area contributed by atoms with Crippen molar-refractivity contribution in [1.82, 2.24) is 0 Å². The number of fused-ring (bicyclic) bond motifs is 8. The Morgan fingerprint density at radius 3 is 1.44 bits per heavy atom. The van der Waals surface area contributed by atoms with Gasteiger partial charge in [-0.15, -0.1) is 0 Å². The van der Waals surface area contributed by atoms with Crippen molar-refractivity contribution in [1.29, 1.82) is 0 Å². The normalized spacial score (nSPS) is 12.0. The molecule has 0 saturated heterocycles. The molecule has 0 aliphatic rings. The van der Waals surface area contributed by atoms with Crippen molar-refractivity contribution in [3.8, 4) is 33.6 Å². The average molecular weight is 637 g/mol. The quantitative estimate of drug-likeness (QED) is 0.180. The molecule has 50 heavy (non-hydrogen) atoms. The molecule has 9 aromatic carbocycles. The van der Waals surface area contributed by atoms with Gasteiger partial charge in [0.05, 0.1) is 0 Å². The topological polar surface area (TPSA) is 26.3 Å². The van der Waals surface area contributed by atoms with Crippen LogP contribution in [0.1, 0.15) is 0 Å². The van der Waals surface area contributed by atoms with Crippen molar-refractivity contribution in [3.63, 3.8) is 0 Å². The predicted molar refractivity (Wildman–Crippen MR) is 210 cm³/mol. The molecule has 2 aromatic heterocycles. The van der Waals surface area contributed by atoms with Crippen molar-refractivity contribution in [2.24, 2.45) is 0 Å². The van der Waals surface area contributed by atoms with E-state index < -0.39 is 0 Å². The fourth-order valence-electron chi connectivity index (χ4n) is 8.30. The van der Waals surface area contributed by atoms with Crippen LogP contribution in [0.15, 0.2) is 179 Å². The number of hydrogen-bond acceptors (Lipinski definition) is 2. The van der Waals surface area contributed by atoms with Crippen LogP contribution in [0, 0.1) is 0 Å². The fraction of sp³-hybridized carbons (Fsp3) is 0. The van der Waals surface area contributed by atoms with Crippen LogP contribution in [-0.2, 0) is 0 Å². The highest BCUT2D eigenvalue weighted by atomic mass is 16.3. The van der Waals surface area contributed by atoms with Crippen molar-refractivity contribution in [2.45, 2.75) is 0 Å². The molecular weight excluding hydrogens is 609 g/mol. The average Bonchev–Trinajstić information content (AvgIpc) is 3.78. The third kappa shape index (κ3) is 3.85. The monoisotopic (exact) mass is 636 g/mol. The first-order valence-corrected chi connectivity index (χ1v) is 17.1. The first-order valence-electron chi connectivity index (χ1n) is 17.1. The first kappa shape index (κ1) is 27.3. The molecule has 0 aliphatic heterocycles. The van der Waals surface area contributed by atoms with Crippen LogP contribution in [0.2, 0.25) is 0 Å². The van der Waals surface area contributed by atoms with Gasteiger partial charge in [-0.3, -0.25) is 0 Å². The summed E-state index contributed by atoms with van der Waals surface area (Å²) in [6.45, 7) is 0. The summed E-state index contributed by atoms with van der Waals surface area (Å²) in [6, 6.07) is 60.7. The lowest BCUT2D eigenvalue weighted by molar-refractivity contribution is 0.632. The van der Waals surface area contributed by atoms with Gasteiger partial charge in [0, 0.05) is 38.4 Å². The lowest BCUT2D eigenvalue weighted by Crippen LogP contribution is -1.94. The van der Waals surface area contributed by atoms with Gasteiger partial charge in [-0.25, -0.2) is 0 Å². The van der Waals surface area contributed by atoms with E-state index in [0.29, 0.717) is 0 Å². The Kier molecular flexibility index (Phi) is 5.70. The van der Waals surface area contributed by atoms with E-state index in [9.17, 15) is 0 Å². The van der Waals surface area contributed by atoms with E-state index >= 15 is 0 Å². The van der Waals surface area contributed by atoms with E-state index in [4.69, 9.17) is 8.83 Å². The molecule has 0 radical (unpaired) electrons. The standard InChI is InChI=1S/C48H28O2/c1-4-16-32-29(13-1)25-26-39(43-28-31-15-3-11-23-41(31)49-43)44(32)45-35-19-6-8-21-37(35)46(38-22-9-7-20-36(38)45)47-33-17-5-2-14-30(33)27-40-34-18-10-12-24-42(34)50-48(40)47/h1-28H. The van der Waals surface area contributed by atoms with E-state index in [1.54, 1.807) is 0 Å². The third-order valence-corrected chi connectivity index (χ3v) is 10.4. The summed E-state index contributed by atoms with van der Waals surface area (Å²) in [4.78, 5) is 0. The number of benzene rings is 9. The number of para-hydroxylation sites is 2. The van der Waals surface area contributed by atoms with E-state index in [1.807, 2.05) is 18.2 Å². The largest absolute Gasteiger partial charge is 0.456 e. The minimum atomic E-state index is 0.863. The maximum absolute atomic E-state index is 6.81. The second-order valence-electron chi connectivity index (χ2n) is 13.1. The second-order valence-corrected chi connectivity index (χ2v) is 13.1.